The van der Waals surface area contributed by atoms with Crippen molar-refractivity contribution in [1.29, 1.82) is 0 Å². The van der Waals surface area contributed by atoms with Crippen LogP contribution in [0.15, 0.2) is 30.3 Å². The SMILES string of the molecule is CC(=O)NC(CC(=O)N1CC(CN)CC1C)c1ccccc1.Cl. The molecule has 3 atom stereocenters. The summed E-state index contributed by atoms with van der Waals surface area (Å²) in [5.74, 6) is 0.330. The number of likely N-dealkylation sites (tertiary alicyclic amines) is 1. The largest absolute Gasteiger partial charge is 0.349 e. The van der Waals surface area contributed by atoms with Crippen molar-refractivity contribution in [2.75, 3.05) is 13.1 Å². The molecule has 5 nitrogen and oxygen atoms in total. The van der Waals surface area contributed by atoms with Crippen LogP contribution in [0.1, 0.15) is 38.3 Å². The van der Waals surface area contributed by atoms with Crippen LogP contribution in [0.25, 0.3) is 0 Å². The van der Waals surface area contributed by atoms with Crippen molar-refractivity contribution in [2.45, 2.75) is 38.8 Å². The van der Waals surface area contributed by atoms with Crippen LogP contribution < -0.4 is 11.1 Å². The molecule has 3 unspecified atom stereocenters. The van der Waals surface area contributed by atoms with Crippen LogP contribution in [0.3, 0.4) is 0 Å². The molecule has 0 saturated carbocycles. The van der Waals surface area contributed by atoms with Gasteiger partial charge in [-0.2, -0.15) is 0 Å². The predicted molar refractivity (Wildman–Crippen MR) is 93.2 cm³/mol. The van der Waals surface area contributed by atoms with Crippen molar-refractivity contribution >= 4 is 24.2 Å². The summed E-state index contributed by atoms with van der Waals surface area (Å²) in [4.78, 5) is 26.0. The first-order valence-corrected chi connectivity index (χ1v) is 7.82. The Labute approximate surface area is 144 Å². The second kappa shape index (κ2) is 8.89. The summed E-state index contributed by atoms with van der Waals surface area (Å²) < 4.78 is 0. The highest BCUT2D eigenvalue weighted by atomic mass is 35.5. The van der Waals surface area contributed by atoms with Gasteiger partial charge in [0.15, 0.2) is 0 Å². The van der Waals surface area contributed by atoms with Gasteiger partial charge >= 0.3 is 0 Å². The Morgan fingerprint density at radius 1 is 1.35 bits per heavy atom. The van der Waals surface area contributed by atoms with Gasteiger partial charge in [0.05, 0.1) is 12.5 Å². The summed E-state index contributed by atoms with van der Waals surface area (Å²) in [6, 6.07) is 9.55. The fraction of sp³-hybridized carbons (Fsp3) is 0.529. The Balaban J connectivity index is 0.00000264. The molecule has 1 aromatic carbocycles. The molecule has 0 radical (unpaired) electrons. The number of hydrogen-bond acceptors (Lipinski definition) is 3. The zero-order valence-electron chi connectivity index (χ0n) is 13.7. The first-order chi connectivity index (χ1) is 10.5. The van der Waals surface area contributed by atoms with E-state index < -0.39 is 0 Å². The topological polar surface area (TPSA) is 75.4 Å². The smallest absolute Gasteiger partial charge is 0.225 e. The first-order valence-electron chi connectivity index (χ1n) is 7.82. The Morgan fingerprint density at radius 2 is 2.00 bits per heavy atom. The number of nitrogens with one attached hydrogen (secondary N) is 1. The number of nitrogens with zero attached hydrogens (tertiary/aromatic N) is 1. The van der Waals surface area contributed by atoms with Crippen molar-refractivity contribution in [2.24, 2.45) is 11.7 Å². The Hall–Kier alpha value is -1.59. The number of carbonyl (C=O) groups excluding carboxylic acids is 2. The van der Waals surface area contributed by atoms with E-state index in [0.29, 0.717) is 12.5 Å². The highest BCUT2D eigenvalue weighted by Gasteiger charge is 2.32. The van der Waals surface area contributed by atoms with E-state index in [9.17, 15) is 9.59 Å². The fourth-order valence-electron chi connectivity index (χ4n) is 3.14. The second-order valence-electron chi connectivity index (χ2n) is 6.10. The Bertz CT molecular complexity index is 524. The third kappa shape index (κ3) is 5.22. The molecular formula is C17H26ClN3O2. The maximum atomic E-state index is 12.6. The van der Waals surface area contributed by atoms with Crippen LogP contribution in [0.4, 0.5) is 0 Å². The van der Waals surface area contributed by atoms with Crippen molar-refractivity contribution in [3.8, 4) is 0 Å². The average molecular weight is 340 g/mol. The van der Waals surface area contributed by atoms with Crippen LogP contribution in [-0.2, 0) is 9.59 Å². The van der Waals surface area contributed by atoms with Gasteiger partial charge in [0, 0.05) is 19.5 Å². The van der Waals surface area contributed by atoms with Gasteiger partial charge < -0.3 is 16.0 Å². The molecule has 1 heterocycles. The molecule has 1 saturated heterocycles. The molecule has 2 amide bonds. The van der Waals surface area contributed by atoms with E-state index in [0.717, 1.165) is 18.5 Å². The monoisotopic (exact) mass is 339 g/mol. The van der Waals surface area contributed by atoms with Crippen LogP contribution in [-0.4, -0.2) is 35.8 Å². The van der Waals surface area contributed by atoms with Gasteiger partial charge in [-0.05, 0) is 31.4 Å². The zero-order chi connectivity index (χ0) is 16.1. The molecule has 0 aliphatic carbocycles. The molecule has 0 spiro atoms. The van der Waals surface area contributed by atoms with Gasteiger partial charge in [-0.1, -0.05) is 30.3 Å². The van der Waals surface area contributed by atoms with Gasteiger partial charge in [-0.3, -0.25) is 9.59 Å². The predicted octanol–water partition coefficient (Wildman–Crippen LogP) is 1.87. The lowest BCUT2D eigenvalue weighted by atomic mass is 10.0. The molecule has 1 aliphatic heterocycles. The summed E-state index contributed by atoms with van der Waals surface area (Å²) in [7, 11) is 0. The van der Waals surface area contributed by atoms with Crippen molar-refractivity contribution in [3.05, 3.63) is 35.9 Å². The Kier molecular flexibility index (Phi) is 7.52. The number of rotatable bonds is 5. The lowest BCUT2D eigenvalue weighted by molar-refractivity contribution is -0.132. The molecule has 128 valence electrons. The lowest BCUT2D eigenvalue weighted by Gasteiger charge is -2.25. The maximum Gasteiger partial charge on any atom is 0.225 e. The molecule has 3 N–H and O–H groups in total. The number of halogens is 1. The number of amides is 2. The minimum Gasteiger partial charge on any atom is -0.349 e. The van der Waals surface area contributed by atoms with E-state index in [1.165, 1.54) is 6.92 Å². The quantitative estimate of drug-likeness (QED) is 0.860. The van der Waals surface area contributed by atoms with E-state index in [2.05, 4.69) is 12.2 Å². The summed E-state index contributed by atoms with van der Waals surface area (Å²) in [5.41, 5.74) is 6.67. The summed E-state index contributed by atoms with van der Waals surface area (Å²) in [5, 5.41) is 2.88. The molecule has 1 fully saturated rings. The summed E-state index contributed by atoms with van der Waals surface area (Å²) >= 11 is 0. The first kappa shape index (κ1) is 19.5. The van der Waals surface area contributed by atoms with Crippen molar-refractivity contribution < 1.29 is 9.59 Å². The van der Waals surface area contributed by atoms with Crippen LogP contribution >= 0.6 is 12.4 Å². The molecule has 2 rings (SSSR count). The van der Waals surface area contributed by atoms with Gasteiger partial charge in [0.2, 0.25) is 11.8 Å². The minimum absolute atomic E-state index is 0. The van der Waals surface area contributed by atoms with E-state index >= 15 is 0 Å². The lowest BCUT2D eigenvalue weighted by Crippen LogP contribution is -2.38. The number of hydrogen-bond donors (Lipinski definition) is 2. The highest BCUT2D eigenvalue weighted by Crippen LogP contribution is 2.25. The molecular weight excluding hydrogens is 314 g/mol. The fourth-order valence-corrected chi connectivity index (χ4v) is 3.14. The number of nitrogens with two attached hydrogens (primary N) is 1. The number of benzene rings is 1. The Morgan fingerprint density at radius 3 is 2.52 bits per heavy atom. The molecule has 6 heteroatoms. The molecule has 23 heavy (non-hydrogen) atoms. The van der Waals surface area contributed by atoms with Gasteiger partial charge in [0.25, 0.3) is 0 Å². The molecule has 1 aromatic rings. The summed E-state index contributed by atoms with van der Waals surface area (Å²) in [6.07, 6.45) is 1.24. The van der Waals surface area contributed by atoms with E-state index in [1.807, 2.05) is 35.2 Å². The minimum atomic E-state index is -0.282. The van der Waals surface area contributed by atoms with Crippen molar-refractivity contribution in [3.63, 3.8) is 0 Å². The van der Waals surface area contributed by atoms with Gasteiger partial charge in [-0.25, -0.2) is 0 Å². The second-order valence-corrected chi connectivity index (χ2v) is 6.10. The highest BCUT2D eigenvalue weighted by molar-refractivity contribution is 5.85. The summed E-state index contributed by atoms with van der Waals surface area (Å²) in [6.45, 7) is 4.87. The van der Waals surface area contributed by atoms with Crippen LogP contribution in [0.5, 0.6) is 0 Å². The molecule has 1 aliphatic rings. The molecule has 0 aromatic heterocycles. The van der Waals surface area contributed by atoms with Crippen LogP contribution in [0, 0.1) is 5.92 Å². The van der Waals surface area contributed by atoms with E-state index in [1.54, 1.807) is 0 Å². The van der Waals surface area contributed by atoms with Crippen LogP contribution in [0.2, 0.25) is 0 Å². The third-order valence-corrected chi connectivity index (χ3v) is 4.27. The van der Waals surface area contributed by atoms with E-state index in [4.69, 9.17) is 5.73 Å². The normalized spacial score (nSPS) is 21.4. The maximum absolute atomic E-state index is 12.6. The third-order valence-electron chi connectivity index (χ3n) is 4.27. The standard InChI is InChI=1S/C17H25N3O2.ClH/c1-12-8-14(10-18)11-20(12)17(22)9-16(19-13(2)21)15-6-4-3-5-7-15;/h3-7,12,14,16H,8-11,18H2,1-2H3,(H,19,21);1H. The molecule has 0 bridgehead atoms. The average Bonchev–Trinajstić information content (AvgIpc) is 2.88. The van der Waals surface area contributed by atoms with E-state index in [-0.39, 0.29) is 42.7 Å². The van der Waals surface area contributed by atoms with Crippen molar-refractivity contribution in [1.82, 2.24) is 10.2 Å². The van der Waals surface area contributed by atoms with Gasteiger partial charge in [-0.15, -0.1) is 12.4 Å². The van der Waals surface area contributed by atoms with Gasteiger partial charge in [0.1, 0.15) is 0 Å². The number of carbonyl (C=O) groups is 2. The zero-order valence-corrected chi connectivity index (χ0v) is 14.5.